The number of benzene rings is 1. The highest BCUT2D eigenvalue weighted by Gasteiger charge is 2.35. The average Bonchev–Trinajstić information content (AvgIpc) is 2.56. The second-order valence-corrected chi connectivity index (χ2v) is 8.35. The van der Waals surface area contributed by atoms with Gasteiger partial charge in [0, 0.05) is 12.1 Å². The molecule has 1 N–H and O–H groups in total. The average molecular weight is 293 g/mol. The van der Waals surface area contributed by atoms with Crippen molar-refractivity contribution in [1.82, 2.24) is 5.32 Å². The van der Waals surface area contributed by atoms with Crippen LogP contribution in [0, 0.1) is 5.92 Å². The van der Waals surface area contributed by atoms with E-state index in [1.165, 1.54) is 32.1 Å². The zero-order chi connectivity index (χ0) is 14.2. The molecule has 110 valence electrons. The van der Waals surface area contributed by atoms with E-state index in [0.717, 1.165) is 11.5 Å². The van der Waals surface area contributed by atoms with Crippen LogP contribution in [0.5, 0.6) is 0 Å². The SMILES string of the molecule is CC1CCCC(NC2CS(=O)(=O)c3ccccc32)CC1. The number of sulfone groups is 1. The molecule has 3 atom stereocenters. The molecule has 0 amide bonds. The van der Waals surface area contributed by atoms with Gasteiger partial charge in [0.05, 0.1) is 10.6 Å². The van der Waals surface area contributed by atoms with Crippen LogP contribution in [0.15, 0.2) is 29.2 Å². The first kappa shape index (κ1) is 14.1. The van der Waals surface area contributed by atoms with Crippen molar-refractivity contribution in [2.24, 2.45) is 5.92 Å². The van der Waals surface area contributed by atoms with Gasteiger partial charge in [0.1, 0.15) is 0 Å². The number of hydrogen-bond donors (Lipinski definition) is 1. The minimum Gasteiger partial charge on any atom is -0.306 e. The van der Waals surface area contributed by atoms with Crippen LogP contribution in [0.3, 0.4) is 0 Å². The van der Waals surface area contributed by atoms with E-state index in [1.807, 2.05) is 18.2 Å². The topological polar surface area (TPSA) is 46.2 Å². The molecule has 3 unspecified atom stereocenters. The van der Waals surface area contributed by atoms with Crippen LogP contribution < -0.4 is 5.32 Å². The van der Waals surface area contributed by atoms with E-state index in [0.29, 0.717) is 10.9 Å². The third-order valence-corrected chi connectivity index (χ3v) is 6.52. The highest BCUT2D eigenvalue weighted by atomic mass is 32.2. The molecule has 2 aliphatic rings. The van der Waals surface area contributed by atoms with Gasteiger partial charge in [-0.1, -0.05) is 38.0 Å². The Balaban J connectivity index is 1.76. The maximum Gasteiger partial charge on any atom is 0.180 e. The Labute approximate surface area is 121 Å². The van der Waals surface area contributed by atoms with E-state index >= 15 is 0 Å². The predicted molar refractivity (Wildman–Crippen MR) is 80.4 cm³/mol. The van der Waals surface area contributed by atoms with Crippen LogP contribution in [-0.4, -0.2) is 20.2 Å². The minimum absolute atomic E-state index is 0.0189. The maximum atomic E-state index is 12.2. The molecule has 0 bridgehead atoms. The zero-order valence-electron chi connectivity index (χ0n) is 12.0. The molecule has 1 aliphatic carbocycles. The smallest absolute Gasteiger partial charge is 0.180 e. The summed E-state index contributed by atoms with van der Waals surface area (Å²) in [6, 6.07) is 7.88. The fraction of sp³-hybridized carbons (Fsp3) is 0.625. The molecule has 0 aromatic heterocycles. The van der Waals surface area contributed by atoms with E-state index in [9.17, 15) is 8.42 Å². The monoisotopic (exact) mass is 293 g/mol. The highest BCUT2D eigenvalue weighted by molar-refractivity contribution is 7.91. The van der Waals surface area contributed by atoms with E-state index in [2.05, 4.69) is 12.2 Å². The molecule has 4 heteroatoms. The van der Waals surface area contributed by atoms with Gasteiger partial charge in [0.15, 0.2) is 9.84 Å². The molecule has 1 aliphatic heterocycles. The van der Waals surface area contributed by atoms with Gasteiger partial charge in [-0.2, -0.15) is 0 Å². The Hall–Kier alpha value is -0.870. The highest BCUT2D eigenvalue weighted by Crippen LogP contribution is 2.34. The first-order valence-corrected chi connectivity index (χ1v) is 9.29. The Bertz CT molecular complexity index is 582. The van der Waals surface area contributed by atoms with Gasteiger partial charge < -0.3 is 5.32 Å². The summed E-state index contributed by atoms with van der Waals surface area (Å²) in [6.07, 6.45) is 6.14. The second-order valence-electron chi connectivity index (χ2n) is 6.35. The first-order valence-electron chi connectivity index (χ1n) is 7.64. The number of hydrogen-bond acceptors (Lipinski definition) is 3. The molecule has 1 aromatic rings. The van der Waals surface area contributed by atoms with Crippen LogP contribution in [0.4, 0.5) is 0 Å². The van der Waals surface area contributed by atoms with E-state index in [4.69, 9.17) is 0 Å². The van der Waals surface area contributed by atoms with Gasteiger partial charge in [0.2, 0.25) is 0 Å². The third kappa shape index (κ3) is 2.77. The Kier molecular flexibility index (Phi) is 3.87. The Morgan fingerprint density at radius 3 is 2.75 bits per heavy atom. The molecule has 1 aromatic carbocycles. The Morgan fingerprint density at radius 2 is 1.90 bits per heavy atom. The summed E-state index contributed by atoms with van der Waals surface area (Å²) in [4.78, 5) is 0.527. The van der Waals surface area contributed by atoms with Crippen molar-refractivity contribution in [2.75, 3.05) is 5.75 Å². The van der Waals surface area contributed by atoms with Crippen molar-refractivity contribution in [3.8, 4) is 0 Å². The summed E-state index contributed by atoms with van der Waals surface area (Å²) < 4.78 is 24.4. The summed E-state index contributed by atoms with van der Waals surface area (Å²) in [6.45, 7) is 2.32. The minimum atomic E-state index is -3.09. The second kappa shape index (κ2) is 5.49. The molecule has 0 saturated heterocycles. The Morgan fingerprint density at radius 1 is 1.10 bits per heavy atom. The number of rotatable bonds is 2. The molecular weight excluding hydrogens is 270 g/mol. The predicted octanol–water partition coefficient (Wildman–Crippen LogP) is 3.07. The van der Waals surface area contributed by atoms with Crippen molar-refractivity contribution in [2.45, 2.75) is 56.0 Å². The van der Waals surface area contributed by atoms with Crippen LogP contribution in [0.2, 0.25) is 0 Å². The quantitative estimate of drug-likeness (QED) is 0.852. The molecule has 20 heavy (non-hydrogen) atoms. The molecule has 0 radical (unpaired) electrons. The van der Waals surface area contributed by atoms with Crippen molar-refractivity contribution in [1.29, 1.82) is 0 Å². The summed E-state index contributed by atoms with van der Waals surface area (Å²) in [5.41, 5.74) is 0.963. The molecule has 1 fully saturated rings. The van der Waals surface area contributed by atoms with Crippen LogP contribution >= 0.6 is 0 Å². The van der Waals surface area contributed by atoms with Gasteiger partial charge in [-0.3, -0.25) is 0 Å². The molecular formula is C16H23NO2S. The normalized spacial score (nSPS) is 32.5. The van der Waals surface area contributed by atoms with Crippen molar-refractivity contribution in [3.63, 3.8) is 0 Å². The van der Waals surface area contributed by atoms with E-state index < -0.39 is 9.84 Å². The van der Waals surface area contributed by atoms with Gasteiger partial charge in [0.25, 0.3) is 0 Å². The van der Waals surface area contributed by atoms with Crippen LogP contribution in [-0.2, 0) is 9.84 Å². The lowest BCUT2D eigenvalue weighted by Crippen LogP contribution is -2.33. The first-order chi connectivity index (χ1) is 9.56. The third-order valence-electron chi connectivity index (χ3n) is 4.71. The maximum absolute atomic E-state index is 12.2. The molecule has 0 spiro atoms. The summed E-state index contributed by atoms with van der Waals surface area (Å²) in [5, 5.41) is 3.61. The number of fused-ring (bicyclic) bond motifs is 1. The lowest BCUT2D eigenvalue weighted by atomic mass is 10.0. The van der Waals surface area contributed by atoms with Gasteiger partial charge >= 0.3 is 0 Å². The molecule has 1 saturated carbocycles. The number of nitrogens with one attached hydrogen (secondary N) is 1. The van der Waals surface area contributed by atoms with Crippen LogP contribution in [0.25, 0.3) is 0 Å². The zero-order valence-corrected chi connectivity index (χ0v) is 12.8. The van der Waals surface area contributed by atoms with Crippen molar-refractivity contribution < 1.29 is 8.42 Å². The lowest BCUT2D eigenvalue weighted by molar-refractivity contribution is 0.410. The molecule has 3 nitrogen and oxygen atoms in total. The van der Waals surface area contributed by atoms with Crippen molar-refractivity contribution >= 4 is 9.84 Å². The van der Waals surface area contributed by atoms with E-state index in [-0.39, 0.29) is 11.8 Å². The summed E-state index contributed by atoms with van der Waals surface area (Å²) in [5.74, 6) is 1.03. The van der Waals surface area contributed by atoms with Gasteiger partial charge in [-0.05, 0) is 36.8 Å². The van der Waals surface area contributed by atoms with Gasteiger partial charge in [-0.25, -0.2) is 8.42 Å². The van der Waals surface area contributed by atoms with E-state index in [1.54, 1.807) is 6.07 Å². The summed E-state index contributed by atoms with van der Waals surface area (Å²) >= 11 is 0. The molecule has 1 heterocycles. The standard InChI is InChI=1S/C16H23NO2S/c1-12-5-4-6-13(10-9-12)17-15-11-20(18,19)16-8-3-2-7-14(15)16/h2-3,7-8,12-13,15,17H,4-6,9-11H2,1H3. The summed E-state index contributed by atoms with van der Waals surface area (Å²) in [7, 11) is -3.09. The van der Waals surface area contributed by atoms with Gasteiger partial charge in [-0.15, -0.1) is 0 Å². The van der Waals surface area contributed by atoms with Crippen molar-refractivity contribution in [3.05, 3.63) is 29.8 Å². The lowest BCUT2D eigenvalue weighted by Gasteiger charge is -2.21. The fourth-order valence-corrected chi connectivity index (χ4v) is 5.28. The fourth-order valence-electron chi connectivity index (χ4n) is 3.53. The molecule has 3 rings (SSSR count). The van der Waals surface area contributed by atoms with Crippen LogP contribution in [0.1, 0.15) is 50.6 Å². The largest absolute Gasteiger partial charge is 0.306 e.